The molecule has 0 aliphatic carbocycles. The number of anilines is 1. The topological polar surface area (TPSA) is 123 Å². The van der Waals surface area contributed by atoms with Gasteiger partial charge in [-0.2, -0.15) is 4.98 Å². The van der Waals surface area contributed by atoms with Gasteiger partial charge < -0.3 is 19.7 Å². The first kappa shape index (κ1) is 29.9. The number of aromatic nitrogens is 2. The number of hydrogen-bond acceptors (Lipinski definition) is 8. The highest BCUT2D eigenvalue weighted by Gasteiger charge is 2.33. The van der Waals surface area contributed by atoms with Crippen molar-refractivity contribution >= 4 is 21.9 Å². The first-order chi connectivity index (χ1) is 19.9. The number of benzene rings is 2. The zero-order valence-corrected chi connectivity index (χ0v) is 25.6. The van der Waals surface area contributed by atoms with Gasteiger partial charge in [-0.25, -0.2) is 18.1 Å². The Morgan fingerprint density at radius 3 is 2.48 bits per heavy atom. The maximum absolute atomic E-state index is 14.1. The lowest BCUT2D eigenvalue weighted by molar-refractivity contribution is -0.00905. The number of carbonyl (C=O) groups is 1. The molecular weight excluding hydrogens is 554 g/mol. The molecule has 11 heteroatoms. The van der Waals surface area contributed by atoms with E-state index >= 15 is 0 Å². The molecule has 0 spiro atoms. The third-order valence-corrected chi connectivity index (χ3v) is 8.76. The van der Waals surface area contributed by atoms with Crippen molar-refractivity contribution in [2.75, 3.05) is 37.6 Å². The molecule has 1 aromatic heterocycles. The van der Waals surface area contributed by atoms with Gasteiger partial charge in [-0.3, -0.25) is 4.79 Å². The van der Waals surface area contributed by atoms with Crippen LogP contribution in [0.2, 0.25) is 0 Å². The van der Waals surface area contributed by atoms with Gasteiger partial charge in [0.25, 0.3) is 15.9 Å². The summed E-state index contributed by atoms with van der Waals surface area (Å²) in [5, 5.41) is 3.33. The Balaban J connectivity index is 1.65. The van der Waals surface area contributed by atoms with E-state index < -0.39 is 10.0 Å². The Labute approximate surface area is 247 Å². The van der Waals surface area contributed by atoms with Gasteiger partial charge >= 0.3 is 0 Å². The first-order valence-electron chi connectivity index (χ1n) is 14.2. The number of carbonyl (C=O) groups excluding carboxylic acids is 1. The third-order valence-electron chi connectivity index (χ3n) is 7.43. The predicted octanol–water partition coefficient (Wildman–Crippen LogP) is 4.19. The monoisotopic (exact) mass is 593 g/mol. The van der Waals surface area contributed by atoms with Crippen LogP contribution in [0, 0.1) is 19.3 Å². The number of hydrogen-bond donors (Lipinski definition) is 2. The molecule has 10 nitrogen and oxygen atoms in total. The van der Waals surface area contributed by atoms with Crippen LogP contribution in [0.1, 0.15) is 48.7 Å². The van der Waals surface area contributed by atoms with Crippen molar-refractivity contribution in [1.29, 1.82) is 0 Å². The molecule has 0 radical (unpaired) electrons. The number of amides is 1. The first-order valence-corrected chi connectivity index (χ1v) is 15.7. The summed E-state index contributed by atoms with van der Waals surface area (Å²) in [6.45, 7) is 12.7. The van der Waals surface area contributed by atoms with Gasteiger partial charge in [0.15, 0.2) is 0 Å². The van der Waals surface area contributed by atoms with Crippen LogP contribution in [0.15, 0.2) is 53.4 Å². The molecule has 1 saturated heterocycles. The van der Waals surface area contributed by atoms with Crippen molar-refractivity contribution in [3.05, 3.63) is 65.2 Å². The summed E-state index contributed by atoms with van der Waals surface area (Å²) in [7, 11) is -4.12. The van der Waals surface area contributed by atoms with Crippen LogP contribution in [0.25, 0.3) is 11.3 Å². The maximum atomic E-state index is 14.1. The van der Waals surface area contributed by atoms with Gasteiger partial charge in [0.05, 0.1) is 29.3 Å². The van der Waals surface area contributed by atoms with Crippen LogP contribution < -0.4 is 14.8 Å². The number of aryl methyl sites for hydroxylation is 2. The average molecular weight is 594 g/mol. The van der Waals surface area contributed by atoms with Crippen LogP contribution in [0.4, 0.5) is 5.95 Å². The summed E-state index contributed by atoms with van der Waals surface area (Å²) in [5.74, 6) is -0.174. The summed E-state index contributed by atoms with van der Waals surface area (Å²) in [5.41, 5.74) is 3.52. The minimum absolute atomic E-state index is 0.0564. The fourth-order valence-corrected chi connectivity index (χ4v) is 6.52. The van der Waals surface area contributed by atoms with E-state index in [1.807, 2.05) is 32.0 Å². The number of nitrogens with one attached hydrogen (secondary N) is 2. The molecule has 1 amide bonds. The molecular formula is C31H39N5O5S. The highest BCUT2D eigenvalue weighted by Crippen LogP contribution is 2.31. The van der Waals surface area contributed by atoms with Gasteiger partial charge in [0.2, 0.25) is 11.8 Å². The van der Waals surface area contributed by atoms with Gasteiger partial charge in [-0.05, 0) is 55.0 Å². The molecule has 2 N–H and O–H groups in total. The fourth-order valence-electron chi connectivity index (χ4n) is 5.53. The molecule has 42 heavy (non-hydrogen) atoms. The van der Waals surface area contributed by atoms with E-state index in [-0.39, 0.29) is 52.4 Å². The van der Waals surface area contributed by atoms with E-state index in [1.54, 1.807) is 23.1 Å². The van der Waals surface area contributed by atoms with Crippen molar-refractivity contribution in [3.63, 3.8) is 0 Å². The van der Waals surface area contributed by atoms with Crippen LogP contribution >= 0.6 is 0 Å². The van der Waals surface area contributed by atoms with Crippen molar-refractivity contribution < 1.29 is 22.7 Å². The van der Waals surface area contributed by atoms with E-state index in [9.17, 15) is 13.2 Å². The Morgan fingerprint density at radius 1 is 1.05 bits per heavy atom. The van der Waals surface area contributed by atoms with E-state index in [0.29, 0.717) is 31.8 Å². The second kappa shape index (κ2) is 12.0. The van der Waals surface area contributed by atoms with Gasteiger partial charge in [0, 0.05) is 36.8 Å². The Kier molecular flexibility index (Phi) is 8.54. The summed E-state index contributed by atoms with van der Waals surface area (Å²) < 4.78 is 41.9. The van der Waals surface area contributed by atoms with Crippen molar-refractivity contribution in [1.82, 2.24) is 20.2 Å². The smallest absolute Gasteiger partial charge is 0.264 e. The summed E-state index contributed by atoms with van der Waals surface area (Å²) in [6, 6.07) is 13.4. The molecule has 2 atom stereocenters. The van der Waals surface area contributed by atoms with Gasteiger partial charge in [-0.1, -0.05) is 45.0 Å². The Morgan fingerprint density at radius 2 is 1.79 bits per heavy atom. The molecule has 0 unspecified atom stereocenters. The average Bonchev–Trinajstić information content (AvgIpc) is 2.93. The van der Waals surface area contributed by atoms with Crippen LogP contribution in [0.3, 0.4) is 0 Å². The fraction of sp³-hybridized carbons (Fsp3) is 0.452. The minimum Gasteiger partial charge on any atom is -0.475 e. The quantitative estimate of drug-likeness (QED) is 0.462. The lowest BCUT2D eigenvalue weighted by Crippen LogP contribution is -2.52. The Hall–Kier alpha value is -3.54. The van der Waals surface area contributed by atoms with Crippen LogP contribution in [-0.2, 0) is 14.8 Å². The molecule has 3 heterocycles. The molecule has 2 aliphatic heterocycles. The second-order valence-corrected chi connectivity index (χ2v) is 13.9. The van der Waals surface area contributed by atoms with Crippen LogP contribution in [0.5, 0.6) is 5.88 Å². The SMILES string of the molecule is Cc1cccc(C)c1-c1cc2nc(n1)NS(=O)(=O)c1cccc(c1)C(=O)N(C[C@@H]1CNCCO1)[C@H](CC(C)(C)C)CO2. The largest absolute Gasteiger partial charge is 0.475 e. The number of rotatable bonds is 4. The Bertz CT molecular complexity index is 1540. The number of fused-ring (bicyclic) bond motifs is 4. The van der Waals surface area contributed by atoms with E-state index in [1.165, 1.54) is 12.1 Å². The minimum atomic E-state index is -4.12. The lowest BCUT2D eigenvalue weighted by atomic mass is 9.87. The van der Waals surface area contributed by atoms with E-state index in [0.717, 1.165) is 23.2 Å². The van der Waals surface area contributed by atoms with Crippen molar-refractivity contribution in [2.45, 2.75) is 58.1 Å². The normalized spacial score (nSPS) is 20.9. The highest BCUT2D eigenvalue weighted by atomic mass is 32.2. The third kappa shape index (κ3) is 6.91. The molecule has 5 rings (SSSR count). The summed E-state index contributed by atoms with van der Waals surface area (Å²) in [4.78, 5) is 24.9. The van der Waals surface area contributed by atoms with E-state index in [2.05, 4.69) is 40.8 Å². The van der Waals surface area contributed by atoms with Gasteiger partial charge in [0.1, 0.15) is 6.61 Å². The van der Waals surface area contributed by atoms with Crippen molar-refractivity contribution in [3.8, 4) is 17.1 Å². The maximum Gasteiger partial charge on any atom is 0.264 e. The highest BCUT2D eigenvalue weighted by molar-refractivity contribution is 7.92. The number of sulfonamides is 1. The standard InChI is InChI=1S/C31H39N5O5S/c1-20-8-6-9-21(2)28(20)26-15-27-34-30(33-26)35-42(38,39)25-11-7-10-22(14-25)29(37)36(18-24-17-32-12-13-40-24)23(19-41-27)16-31(3,4)5/h6-11,14-15,23-24,32H,12-13,16-19H2,1-5H3,(H,33,34,35)/t23-,24+/m1/s1. The molecule has 1 fully saturated rings. The molecule has 3 aromatic rings. The molecule has 2 aliphatic rings. The predicted molar refractivity (Wildman–Crippen MR) is 161 cm³/mol. The molecule has 4 bridgehead atoms. The number of ether oxygens (including phenoxy) is 2. The lowest BCUT2D eigenvalue weighted by Gasteiger charge is -2.38. The van der Waals surface area contributed by atoms with Crippen LogP contribution in [-0.4, -0.2) is 74.2 Å². The number of nitrogens with zero attached hydrogens (tertiary/aromatic N) is 3. The summed E-state index contributed by atoms with van der Waals surface area (Å²) >= 11 is 0. The zero-order valence-electron chi connectivity index (χ0n) is 24.8. The van der Waals surface area contributed by atoms with Crippen molar-refractivity contribution in [2.24, 2.45) is 5.41 Å². The van der Waals surface area contributed by atoms with Gasteiger partial charge in [-0.15, -0.1) is 0 Å². The molecule has 2 aromatic carbocycles. The van der Waals surface area contributed by atoms with E-state index in [4.69, 9.17) is 9.47 Å². The second-order valence-electron chi connectivity index (χ2n) is 12.2. The molecule has 0 saturated carbocycles. The molecule has 224 valence electrons. The number of morpholine rings is 1. The zero-order chi connectivity index (χ0) is 30.1. The summed E-state index contributed by atoms with van der Waals surface area (Å²) in [6.07, 6.45) is 0.423.